The molecule has 0 saturated heterocycles. The molecule has 0 aliphatic carbocycles. The lowest BCUT2D eigenvalue weighted by Gasteiger charge is -2.16. The molecule has 0 spiro atoms. The predicted molar refractivity (Wildman–Crippen MR) is 123 cm³/mol. The fourth-order valence-electron chi connectivity index (χ4n) is 3.54. The molecule has 2 aromatic rings. The number of rotatable bonds is 9. The maximum atomic E-state index is 12.4. The van der Waals surface area contributed by atoms with Gasteiger partial charge in [0.25, 0.3) is 11.8 Å². The van der Waals surface area contributed by atoms with E-state index in [4.69, 9.17) is 4.74 Å². The first-order valence-corrected chi connectivity index (χ1v) is 12.6. The average Bonchev–Trinajstić information content (AvgIpc) is 3.21. The number of amides is 2. The molecule has 1 heterocycles. The van der Waals surface area contributed by atoms with E-state index in [0.717, 1.165) is 24.7 Å². The van der Waals surface area contributed by atoms with Crippen LogP contribution in [0, 0.1) is 0 Å². The molecule has 32 heavy (non-hydrogen) atoms. The highest BCUT2D eigenvalue weighted by Gasteiger charge is 2.26. The number of carbonyl (C=O) groups is 2. The highest BCUT2D eigenvalue weighted by Crippen LogP contribution is 2.30. The summed E-state index contributed by atoms with van der Waals surface area (Å²) in [4.78, 5) is 24.8. The van der Waals surface area contributed by atoms with Crippen molar-refractivity contribution in [3.05, 3.63) is 59.2 Å². The molecule has 172 valence electrons. The Kier molecular flexibility index (Phi) is 7.74. The summed E-state index contributed by atoms with van der Waals surface area (Å²) in [6.07, 6.45) is 6.19. The van der Waals surface area contributed by atoms with Gasteiger partial charge in [-0.15, -0.1) is 0 Å². The number of hydrogen-bond donors (Lipinski definition) is 2. The van der Waals surface area contributed by atoms with Gasteiger partial charge in [-0.25, -0.2) is 8.42 Å². The summed E-state index contributed by atoms with van der Waals surface area (Å²) in [6, 6.07) is 11.5. The van der Waals surface area contributed by atoms with Crippen molar-refractivity contribution in [3.63, 3.8) is 0 Å². The van der Waals surface area contributed by atoms with E-state index < -0.39 is 21.8 Å². The standard InChI is InChI=1S/C23H29N3O5S/c1-3-4-5-6-15-31-20-10-7-17(8-11-20)22(27)24-25-23(28)19-9-12-21-18(16-19)13-14-26(21)32(2,29)30/h7-12,16H,3-6,13-15H2,1-2H3,(H,24,27)(H,25,28). The van der Waals surface area contributed by atoms with Crippen molar-refractivity contribution in [2.75, 3.05) is 23.7 Å². The Balaban J connectivity index is 1.51. The molecular weight excluding hydrogens is 430 g/mol. The first-order chi connectivity index (χ1) is 15.3. The van der Waals surface area contributed by atoms with Crippen LogP contribution in [0.25, 0.3) is 0 Å². The van der Waals surface area contributed by atoms with Crippen LogP contribution in [0.5, 0.6) is 5.75 Å². The van der Waals surface area contributed by atoms with Crippen LogP contribution < -0.4 is 19.9 Å². The number of nitrogens with one attached hydrogen (secondary N) is 2. The zero-order valence-corrected chi connectivity index (χ0v) is 19.2. The highest BCUT2D eigenvalue weighted by molar-refractivity contribution is 7.92. The number of benzene rings is 2. The molecule has 2 aromatic carbocycles. The molecule has 2 amide bonds. The third-order valence-corrected chi connectivity index (χ3v) is 6.45. The number of unbranched alkanes of at least 4 members (excludes halogenated alkanes) is 3. The van der Waals surface area contributed by atoms with Crippen molar-refractivity contribution in [3.8, 4) is 5.75 Å². The van der Waals surface area contributed by atoms with Crippen LogP contribution >= 0.6 is 0 Å². The summed E-state index contributed by atoms with van der Waals surface area (Å²) in [5.41, 5.74) is 6.89. The minimum Gasteiger partial charge on any atom is -0.494 e. The topological polar surface area (TPSA) is 105 Å². The SMILES string of the molecule is CCCCCCOc1ccc(C(=O)NNC(=O)c2ccc3c(c2)CCN3S(C)(=O)=O)cc1. The van der Waals surface area contributed by atoms with Gasteiger partial charge in [-0.1, -0.05) is 26.2 Å². The summed E-state index contributed by atoms with van der Waals surface area (Å²) < 4.78 is 30.6. The van der Waals surface area contributed by atoms with E-state index in [1.165, 1.54) is 23.2 Å². The molecule has 0 radical (unpaired) electrons. The van der Waals surface area contributed by atoms with Gasteiger partial charge in [0.1, 0.15) is 5.75 Å². The Hall–Kier alpha value is -3.07. The number of hydrogen-bond acceptors (Lipinski definition) is 5. The van der Waals surface area contributed by atoms with E-state index >= 15 is 0 Å². The van der Waals surface area contributed by atoms with Gasteiger partial charge in [-0.3, -0.25) is 24.7 Å². The normalized spacial score (nSPS) is 12.9. The smallest absolute Gasteiger partial charge is 0.269 e. The van der Waals surface area contributed by atoms with Gasteiger partial charge < -0.3 is 4.74 Å². The third kappa shape index (κ3) is 6.00. The lowest BCUT2D eigenvalue weighted by molar-refractivity contribution is 0.0846. The van der Waals surface area contributed by atoms with Gasteiger partial charge in [-0.2, -0.15) is 0 Å². The minimum atomic E-state index is -3.35. The van der Waals surface area contributed by atoms with Crippen molar-refractivity contribution < 1.29 is 22.7 Å². The maximum Gasteiger partial charge on any atom is 0.269 e. The Morgan fingerprint density at radius 3 is 2.28 bits per heavy atom. The monoisotopic (exact) mass is 459 g/mol. The fourth-order valence-corrected chi connectivity index (χ4v) is 4.49. The molecule has 0 aromatic heterocycles. The van der Waals surface area contributed by atoms with Crippen molar-refractivity contribution >= 4 is 27.5 Å². The van der Waals surface area contributed by atoms with Crippen LogP contribution in [0.15, 0.2) is 42.5 Å². The number of fused-ring (bicyclic) bond motifs is 1. The van der Waals surface area contributed by atoms with Crippen LogP contribution in [-0.2, 0) is 16.4 Å². The number of sulfonamides is 1. The van der Waals surface area contributed by atoms with E-state index in [0.29, 0.717) is 42.1 Å². The maximum absolute atomic E-state index is 12.4. The van der Waals surface area contributed by atoms with E-state index in [1.807, 2.05) is 0 Å². The summed E-state index contributed by atoms with van der Waals surface area (Å²) >= 11 is 0. The van der Waals surface area contributed by atoms with Crippen LogP contribution in [0.3, 0.4) is 0 Å². The summed E-state index contributed by atoms with van der Waals surface area (Å²) in [6.45, 7) is 3.16. The predicted octanol–water partition coefficient (Wildman–Crippen LogP) is 3.04. The van der Waals surface area contributed by atoms with E-state index in [-0.39, 0.29) is 0 Å². The highest BCUT2D eigenvalue weighted by atomic mass is 32.2. The minimum absolute atomic E-state index is 0.339. The molecule has 1 aliphatic heterocycles. The number of anilines is 1. The van der Waals surface area contributed by atoms with E-state index in [1.54, 1.807) is 36.4 Å². The Morgan fingerprint density at radius 1 is 0.969 bits per heavy atom. The molecule has 0 unspecified atom stereocenters. The largest absolute Gasteiger partial charge is 0.494 e. The van der Waals surface area contributed by atoms with E-state index in [9.17, 15) is 18.0 Å². The van der Waals surface area contributed by atoms with Gasteiger partial charge in [0.05, 0.1) is 18.6 Å². The van der Waals surface area contributed by atoms with E-state index in [2.05, 4.69) is 17.8 Å². The first-order valence-electron chi connectivity index (χ1n) is 10.7. The summed E-state index contributed by atoms with van der Waals surface area (Å²) in [7, 11) is -3.35. The third-order valence-electron chi connectivity index (χ3n) is 5.27. The second kappa shape index (κ2) is 10.5. The van der Waals surface area contributed by atoms with Crippen molar-refractivity contribution in [1.82, 2.24) is 10.9 Å². The molecule has 9 heteroatoms. The zero-order valence-electron chi connectivity index (χ0n) is 18.4. The summed E-state index contributed by atoms with van der Waals surface area (Å²) in [5, 5.41) is 0. The van der Waals surface area contributed by atoms with Crippen molar-refractivity contribution in [2.24, 2.45) is 0 Å². The van der Waals surface area contributed by atoms with Crippen LogP contribution in [0.2, 0.25) is 0 Å². The Morgan fingerprint density at radius 2 is 1.62 bits per heavy atom. The fraction of sp³-hybridized carbons (Fsp3) is 0.391. The number of hydrazine groups is 1. The number of ether oxygens (including phenoxy) is 1. The molecule has 0 bridgehead atoms. The van der Waals surface area contributed by atoms with Gasteiger partial charge in [0, 0.05) is 17.7 Å². The average molecular weight is 460 g/mol. The zero-order chi connectivity index (χ0) is 23.1. The molecule has 2 N–H and O–H groups in total. The van der Waals surface area contributed by atoms with Gasteiger partial charge in [-0.05, 0) is 60.9 Å². The molecule has 1 aliphatic rings. The molecule has 8 nitrogen and oxygen atoms in total. The number of carbonyl (C=O) groups excluding carboxylic acids is 2. The van der Waals surface area contributed by atoms with Crippen molar-refractivity contribution in [2.45, 2.75) is 39.0 Å². The molecule has 0 saturated carbocycles. The summed E-state index contributed by atoms with van der Waals surface area (Å²) in [5.74, 6) is -0.230. The molecule has 0 fully saturated rings. The van der Waals surface area contributed by atoms with Crippen LogP contribution in [-0.4, -0.2) is 39.6 Å². The number of nitrogens with zero attached hydrogens (tertiary/aromatic N) is 1. The van der Waals surface area contributed by atoms with Crippen molar-refractivity contribution in [1.29, 1.82) is 0 Å². The molecule has 3 rings (SSSR count). The lowest BCUT2D eigenvalue weighted by atomic mass is 10.1. The van der Waals surface area contributed by atoms with Gasteiger partial charge in [0.2, 0.25) is 10.0 Å². The first kappa shape index (κ1) is 23.6. The second-order valence-corrected chi connectivity index (χ2v) is 9.68. The van der Waals surface area contributed by atoms with Crippen LogP contribution in [0.1, 0.15) is 58.9 Å². The Labute approximate surface area is 189 Å². The quantitative estimate of drug-likeness (QED) is 0.443. The van der Waals surface area contributed by atoms with Gasteiger partial charge >= 0.3 is 0 Å². The second-order valence-electron chi connectivity index (χ2n) is 7.77. The lowest BCUT2D eigenvalue weighted by Crippen LogP contribution is -2.41. The Bertz CT molecular complexity index is 1070. The molecule has 0 atom stereocenters. The van der Waals surface area contributed by atoms with Crippen LogP contribution in [0.4, 0.5) is 5.69 Å². The van der Waals surface area contributed by atoms with Gasteiger partial charge in [0.15, 0.2) is 0 Å². The molecular formula is C23H29N3O5S.